The first-order valence-corrected chi connectivity index (χ1v) is 8.89. The monoisotopic (exact) mass is 359 g/mol. The summed E-state index contributed by atoms with van der Waals surface area (Å²) in [5.41, 5.74) is 9.57. The number of hydrogen-bond donors (Lipinski definition) is 2. The van der Waals surface area contributed by atoms with E-state index in [1.807, 2.05) is 77.4 Å². The predicted molar refractivity (Wildman–Crippen MR) is 107 cm³/mol. The number of rotatable bonds is 7. The Morgan fingerprint density at radius 3 is 2.56 bits per heavy atom. The fourth-order valence-electron chi connectivity index (χ4n) is 2.84. The second-order valence-electron chi connectivity index (χ2n) is 6.12. The van der Waals surface area contributed by atoms with Gasteiger partial charge in [-0.25, -0.2) is 9.50 Å². The van der Waals surface area contributed by atoms with Crippen molar-refractivity contribution in [3.05, 3.63) is 78.5 Å². The Bertz CT molecular complexity index is 1010. The molecule has 3 N–H and O–H groups in total. The number of hydrogen-bond acceptors (Lipinski definition) is 5. The molecule has 0 saturated carbocycles. The van der Waals surface area contributed by atoms with E-state index in [0.717, 1.165) is 34.0 Å². The van der Waals surface area contributed by atoms with E-state index in [4.69, 9.17) is 10.5 Å². The van der Waals surface area contributed by atoms with Gasteiger partial charge in [-0.2, -0.15) is 0 Å². The average molecular weight is 359 g/mol. The quantitative estimate of drug-likeness (QED) is 0.495. The first-order chi connectivity index (χ1) is 13.3. The maximum atomic E-state index is 5.70. The summed E-state index contributed by atoms with van der Waals surface area (Å²) >= 11 is 0. The van der Waals surface area contributed by atoms with Crippen molar-refractivity contribution in [1.82, 2.24) is 14.6 Å². The summed E-state index contributed by atoms with van der Waals surface area (Å²) in [4.78, 5) is 4.44. The van der Waals surface area contributed by atoms with Gasteiger partial charge < -0.3 is 15.8 Å². The number of para-hydroxylation sites is 1. The van der Waals surface area contributed by atoms with Crippen LogP contribution in [0.5, 0.6) is 5.75 Å². The van der Waals surface area contributed by atoms with E-state index in [9.17, 15) is 0 Å². The third kappa shape index (κ3) is 3.91. The molecule has 2 aromatic carbocycles. The van der Waals surface area contributed by atoms with E-state index in [0.29, 0.717) is 19.7 Å². The summed E-state index contributed by atoms with van der Waals surface area (Å²) in [6.07, 6.45) is 1.84. The number of aromatic nitrogens is 3. The van der Waals surface area contributed by atoms with E-state index in [-0.39, 0.29) is 0 Å². The zero-order valence-corrected chi connectivity index (χ0v) is 14.9. The van der Waals surface area contributed by atoms with E-state index in [1.165, 1.54) is 0 Å². The van der Waals surface area contributed by atoms with Gasteiger partial charge in [0.25, 0.3) is 0 Å². The Morgan fingerprint density at radius 1 is 0.963 bits per heavy atom. The normalized spacial score (nSPS) is 10.9. The fraction of sp³-hybridized carbons (Fsp3) is 0.143. The SMILES string of the molecule is NCc1ccc(-c2cnc3ccc(NCCOc4ccccc4)nn23)cc1. The van der Waals surface area contributed by atoms with Crippen LogP contribution >= 0.6 is 0 Å². The van der Waals surface area contributed by atoms with Crippen molar-refractivity contribution in [2.75, 3.05) is 18.5 Å². The van der Waals surface area contributed by atoms with Crippen molar-refractivity contribution in [2.45, 2.75) is 6.54 Å². The number of nitrogens with zero attached hydrogens (tertiary/aromatic N) is 3. The summed E-state index contributed by atoms with van der Waals surface area (Å²) < 4.78 is 7.54. The topological polar surface area (TPSA) is 77.5 Å². The number of ether oxygens (including phenoxy) is 1. The second-order valence-corrected chi connectivity index (χ2v) is 6.12. The maximum Gasteiger partial charge on any atom is 0.154 e. The van der Waals surface area contributed by atoms with Gasteiger partial charge in [0.2, 0.25) is 0 Å². The first kappa shape index (κ1) is 17.1. The molecule has 0 aliphatic carbocycles. The molecule has 0 saturated heterocycles. The van der Waals surface area contributed by atoms with Crippen LogP contribution in [0.2, 0.25) is 0 Å². The predicted octanol–water partition coefficient (Wildman–Crippen LogP) is 3.35. The summed E-state index contributed by atoms with van der Waals surface area (Å²) in [5, 5.41) is 7.95. The number of anilines is 1. The molecule has 2 heterocycles. The summed E-state index contributed by atoms with van der Waals surface area (Å²) in [5.74, 6) is 1.64. The Kier molecular flexibility index (Phi) is 4.98. The molecule has 0 amide bonds. The van der Waals surface area contributed by atoms with Gasteiger partial charge in [-0.05, 0) is 29.8 Å². The lowest BCUT2D eigenvalue weighted by Crippen LogP contribution is -2.13. The summed E-state index contributed by atoms with van der Waals surface area (Å²) in [6, 6.07) is 21.8. The molecule has 0 aliphatic heterocycles. The van der Waals surface area contributed by atoms with Crippen LogP contribution in [-0.4, -0.2) is 27.7 Å². The van der Waals surface area contributed by atoms with Crippen molar-refractivity contribution in [3.8, 4) is 17.0 Å². The number of nitrogens with one attached hydrogen (secondary N) is 1. The lowest BCUT2D eigenvalue weighted by Gasteiger charge is -2.09. The average Bonchev–Trinajstić information content (AvgIpc) is 3.15. The largest absolute Gasteiger partial charge is 0.492 e. The van der Waals surface area contributed by atoms with Crippen LogP contribution in [0, 0.1) is 0 Å². The van der Waals surface area contributed by atoms with Crippen LogP contribution in [0.1, 0.15) is 5.56 Å². The van der Waals surface area contributed by atoms with Crippen molar-refractivity contribution >= 4 is 11.5 Å². The van der Waals surface area contributed by atoms with Crippen molar-refractivity contribution in [3.63, 3.8) is 0 Å². The second kappa shape index (κ2) is 7.88. The van der Waals surface area contributed by atoms with Crippen LogP contribution in [0.4, 0.5) is 5.82 Å². The smallest absolute Gasteiger partial charge is 0.154 e. The van der Waals surface area contributed by atoms with Crippen LogP contribution in [0.15, 0.2) is 72.9 Å². The van der Waals surface area contributed by atoms with Crippen LogP contribution in [-0.2, 0) is 6.54 Å². The highest BCUT2D eigenvalue weighted by Crippen LogP contribution is 2.21. The Hall–Kier alpha value is -3.38. The number of nitrogens with two attached hydrogens (primary N) is 1. The van der Waals surface area contributed by atoms with Gasteiger partial charge in [0.15, 0.2) is 5.65 Å². The van der Waals surface area contributed by atoms with Crippen LogP contribution in [0.3, 0.4) is 0 Å². The summed E-state index contributed by atoms with van der Waals surface area (Å²) in [7, 11) is 0. The van der Waals surface area contributed by atoms with E-state index in [1.54, 1.807) is 0 Å². The Morgan fingerprint density at radius 2 is 1.78 bits per heavy atom. The molecule has 0 aliphatic rings. The fourth-order valence-corrected chi connectivity index (χ4v) is 2.84. The zero-order valence-electron chi connectivity index (χ0n) is 14.9. The highest BCUT2D eigenvalue weighted by molar-refractivity contribution is 5.63. The molecule has 2 aromatic heterocycles. The third-order valence-electron chi connectivity index (χ3n) is 4.27. The molecule has 0 unspecified atom stereocenters. The molecule has 136 valence electrons. The Labute approximate surface area is 157 Å². The zero-order chi connectivity index (χ0) is 18.5. The molecule has 0 atom stereocenters. The lowest BCUT2D eigenvalue weighted by molar-refractivity contribution is 0.332. The maximum absolute atomic E-state index is 5.70. The Balaban J connectivity index is 1.46. The van der Waals surface area contributed by atoms with Gasteiger partial charge in [0.1, 0.15) is 18.2 Å². The van der Waals surface area contributed by atoms with Crippen LogP contribution in [0.25, 0.3) is 16.9 Å². The molecule has 4 rings (SSSR count). The van der Waals surface area contributed by atoms with Crippen LogP contribution < -0.4 is 15.8 Å². The highest BCUT2D eigenvalue weighted by Gasteiger charge is 2.08. The van der Waals surface area contributed by atoms with E-state index >= 15 is 0 Å². The number of benzene rings is 2. The summed E-state index contributed by atoms with van der Waals surface area (Å²) in [6.45, 7) is 1.74. The minimum atomic E-state index is 0.533. The minimum absolute atomic E-state index is 0.533. The molecule has 0 radical (unpaired) electrons. The molecule has 0 spiro atoms. The van der Waals surface area contributed by atoms with E-state index in [2.05, 4.69) is 15.4 Å². The van der Waals surface area contributed by atoms with Gasteiger partial charge >= 0.3 is 0 Å². The minimum Gasteiger partial charge on any atom is -0.492 e. The van der Waals surface area contributed by atoms with Crippen molar-refractivity contribution < 1.29 is 4.74 Å². The van der Waals surface area contributed by atoms with Gasteiger partial charge in [0, 0.05) is 12.1 Å². The lowest BCUT2D eigenvalue weighted by atomic mass is 10.1. The molecule has 6 heteroatoms. The molecular weight excluding hydrogens is 338 g/mol. The molecule has 0 fully saturated rings. The molecule has 4 aromatic rings. The van der Waals surface area contributed by atoms with Gasteiger partial charge in [-0.3, -0.25) is 0 Å². The van der Waals surface area contributed by atoms with Gasteiger partial charge in [0.05, 0.1) is 18.4 Å². The van der Waals surface area contributed by atoms with Gasteiger partial charge in [-0.1, -0.05) is 42.5 Å². The molecule has 6 nitrogen and oxygen atoms in total. The van der Waals surface area contributed by atoms with E-state index < -0.39 is 0 Å². The first-order valence-electron chi connectivity index (χ1n) is 8.89. The molecular formula is C21H21N5O. The van der Waals surface area contributed by atoms with Crippen molar-refractivity contribution in [2.24, 2.45) is 5.73 Å². The number of imidazole rings is 1. The number of fused-ring (bicyclic) bond motifs is 1. The molecule has 0 bridgehead atoms. The van der Waals surface area contributed by atoms with Gasteiger partial charge in [-0.15, -0.1) is 5.10 Å². The third-order valence-corrected chi connectivity index (χ3v) is 4.27. The standard InChI is InChI=1S/C21H21N5O/c22-14-16-6-8-17(9-7-16)19-15-24-21-11-10-20(25-26(19)21)23-12-13-27-18-4-2-1-3-5-18/h1-11,15H,12-14,22H2,(H,23,25). The molecule has 27 heavy (non-hydrogen) atoms. The highest BCUT2D eigenvalue weighted by atomic mass is 16.5. The van der Waals surface area contributed by atoms with Crippen molar-refractivity contribution in [1.29, 1.82) is 0 Å².